The first-order valence-corrected chi connectivity index (χ1v) is 9.66. The monoisotopic (exact) mass is 419 g/mol. The first kappa shape index (κ1) is 20.2. The van der Waals surface area contributed by atoms with Crippen molar-refractivity contribution in [2.45, 2.75) is 12.8 Å². The van der Waals surface area contributed by atoms with Crippen molar-refractivity contribution in [3.8, 4) is 11.5 Å². The number of hydrogen-bond acceptors (Lipinski definition) is 6. The molecule has 0 aliphatic heterocycles. The Balaban J connectivity index is 1.44. The van der Waals surface area contributed by atoms with Crippen molar-refractivity contribution >= 4 is 22.7 Å². The summed E-state index contributed by atoms with van der Waals surface area (Å²) in [4.78, 5) is 24.7. The van der Waals surface area contributed by atoms with E-state index in [4.69, 9.17) is 13.9 Å². The average Bonchev–Trinajstić information content (AvgIpc) is 3.24. The van der Waals surface area contributed by atoms with Crippen molar-refractivity contribution in [2.24, 2.45) is 0 Å². The molecule has 158 valence electrons. The van der Waals surface area contributed by atoms with E-state index in [-0.39, 0.29) is 5.56 Å². The highest BCUT2D eigenvalue weighted by Gasteiger charge is 2.15. The second kappa shape index (κ2) is 8.74. The number of amides is 1. The summed E-state index contributed by atoms with van der Waals surface area (Å²) < 4.78 is 15.8. The van der Waals surface area contributed by atoms with Gasteiger partial charge in [-0.3, -0.25) is 9.89 Å². The number of nitrogens with zero attached hydrogens (tertiary/aromatic N) is 1. The molecule has 0 aliphatic carbocycles. The lowest BCUT2D eigenvalue weighted by atomic mass is 10.1. The molecule has 0 aliphatic rings. The molecule has 8 heteroatoms. The van der Waals surface area contributed by atoms with Crippen LogP contribution < -0.4 is 20.4 Å². The van der Waals surface area contributed by atoms with E-state index in [1.54, 1.807) is 38.5 Å². The fourth-order valence-corrected chi connectivity index (χ4v) is 3.25. The normalized spacial score (nSPS) is 10.8. The van der Waals surface area contributed by atoms with Crippen LogP contribution in [0.1, 0.15) is 21.6 Å². The number of carbonyl (C=O) groups is 1. The van der Waals surface area contributed by atoms with Crippen LogP contribution in [-0.2, 0) is 12.8 Å². The van der Waals surface area contributed by atoms with Crippen LogP contribution in [0.2, 0.25) is 0 Å². The summed E-state index contributed by atoms with van der Waals surface area (Å²) >= 11 is 0. The molecular formula is C23H21N3O5. The Bertz CT molecular complexity index is 1270. The zero-order valence-corrected chi connectivity index (χ0v) is 17.1. The molecule has 0 fully saturated rings. The number of benzene rings is 2. The largest absolute Gasteiger partial charge is 0.497 e. The number of nitrogens with one attached hydrogen (secondary N) is 2. The van der Waals surface area contributed by atoms with Gasteiger partial charge in [0.05, 0.1) is 14.2 Å². The maximum Gasteiger partial charge on any atom is 0.349 e. The Kier molecular flexibility index (Phi) is 5.70. The third-order valence-corrected chi connectivity index (χ3v) is 4.85. The maximum atomic E-state index is 12.6. The van der Waals surface area contributed by atoms with Crippen LogP contribution in [-0.4, -0.2) is 30.3 Å². The van der Waals surface area contributed by atoms with Gasteiger partial charge in [0.2, 0.25) is 0 Å². The van der Waals surface area contributed by atoms with Gasteiger partial charge in [-0.05, 0) is 42.7 Å². The van der Waals surface area contributed by atoms with Gasteiger partial charge in [0.15, 0.2) is 5.82 Å². The highest BCUT2D eigenvalue weighted by Crippen LogP contribution is 2.23. The minimum atomic E-state index is -0.695. The summed E-state index contributed by atoms with van der Waals surface area (Å²) in [6.45, 7) is 0. The number of H-pyrrole nitrogens is 1. The first-order chi connectivity index (χ1) is 15.1. The molecule has 0 saturated heterocycles. The summed E-state index contributed by atoms with van der Waals surface area (Å²) in [5.74, 6) is 1.20. The Morgan fingerprint density at radius 1 is 1.03 bits per heavy atom. The van der Waals surface area contributed by atoms with Crippen molar-refractivity contribution in [3.05, 3.63) is 81.8 Å². The fourth-order valence-electron chi connectivity index (χ4n) is 3.25. The number of aryl methyl sites for hydroxylation is 2. The zero-order chi connectivity index (χ0) is 21.8. The van der Waals surface area contributed by atoms with Crippen molar-refractivity contribution in [1.29, 1.82) is 0 Å². The fraction of sp³-hybridized carbons (Fsp3) is 0.174. The topological polar surface area (TPSA) is 106 Å². The molecule has 0 saturated carbocycles. The van der Waals surface area contributed by atoms with Crippen LogP contribution in [0.15, 0.2) is 63.8 Å². The maximum absolute atomic E-state index is 12.6. The minimum absolute atomic E-state index is 0.0771. The first-order valence-electron chi connectivity index (χ1n) is 9.66. The van der Waals surface area contributed by atoms with E-state index in [0.717, 1.165) is 29.2 Å². The summed E-state index contributed by atoms with van der Waals surface area (Å²) in [6.07, 6.45) is 1.38. The number of hydrogen-bond donors (Lipinski definition) is 2. The number of rotatable bonds is 7. The minimum Gasteiger partial charge on any atom is -0.497 e. The molecule has 2 N–H and O–H groups in total. The number of para-hydroxylation sites is 1. The third kappa shape index (κ3) is 4.58. The Labute approximate surface area is 177 Å². The van der Waals surface area contributed by atoms with Crippen molar-refractivity contribution < 1.29 is 18.7 Å². The van der Waals surface area contributed by atoms with Gasteiger partial charge in [-0.25, -0.2) is 4.79 Å². The third-order valence-electron chi connectivity index (χ3n) is 4.85. The van der Waals surface area contributed by atoms with Crippen LogP contribution in [0.25, 0.3) is 11.0 Å². The van der Waals surface area contributed by atoms with Gasteiger partial charge in [-0.15, -0.1) is 0 Å². The number of methoxy groups -OCH3 is 2. The predicted octanol–water partition coefficient (Wildman–Crippen LogP) is 3.57. The van der Waals surface area contributed by atoms with Crippen LogP contribution in [0, 0.1) is 0 Å². The standard InChI is InChI=1S/C23H21N3O5/c1-29-17-9-14(10-18(13-17)30-2)7-8-16-12-21(26-25-16)24-22(27)19-11-15-5-3-4-6-20(15)31-23(19)28/h3-6,9-13H,7-8H2,1-2H3,(H2,24,25,26,27). The summed E-state index contributed by atoms with van der Waals surface area (Å²) in [5, 5.41) is 10.3. The second-order valence-corrected chi connectivity index (χ2v) is 6.94. The van der Waals surface area contributed by atoms with E-state index >= 15 is 0 Å². The summed E-state index contributed by atoms with van der Waals surface area (Å²) in [6, 6.07) is 16.0. The van der Waals surface area contributed by atoms with Crippen LogP contribution >= 0.6 is 0 Å². The number of fused-ring (bicyclic) bond motifs is 1. The van der Waals surface area contributed by atoms with E-state index in [2.05, 4.69) is 15.5 Å². The predicted molar refractivity (Wildman–Crippen MR) is 116 cm³/mol. The summed E-state index contributed by atoms with van der Waals surface area (Å²) in [7, 11) is 3.22. The van der Waals surface area contributed by atoms with Crippen LogP contribution in [0.4, 0.5) is 5.82 Å². The highest BCUT2D eigenvalue weighted by molar-refractivity contribution is 6.04. The van der Waals surface area contributed by atoms with Gasteiger partial charge in [-0.2, -0.15) is 5.10 Å². The highest BCUT2D eigenvalue weighted by atomic mass is 16.5. The number of carbonyl (C=O) groups excluding carboxylic acids is 1. The molecule has 0 spiro atoms. The van der Waals surface area contributed by atoms with E-state index in [1.807, 2.05) is 24.3 Å². The molecule has 4 rings (SSSR count). The van der Waals surface area contributed by atoms with Crippen molar-refractivity contribution in [3.63, 3.8) is 0 Å². The Morgan fingerprint density at radius 2 is 1.77 bits per heavy atom. The Hall–Kier alpha value is -4.07. The lowest BCUT2D eigenvalue weighted by molar-refractivity contribution is 0.102. The smallest absolute Gasteiger partial charge is 0.349 e. The lowest BCUT2D eigenvalue weighted by Crippen LogP contribution is -2.20. The van der Waals surface area contributed by atoms with Crippen LogP contribution in [0.3, 0.4) is 0 Å². The number of aromatic amines is 1. The van der Waals surface area contributed by atoms with E-state index < -0.39 is 11.5 Å². The number of anilines is 1. The molecule has 8 nitrogen and oxygen atoms in total. The van der Waals surface area contributed by atoms with Crippen molar-refractivity contribution in [1.82, 2.24) is 10.2 Å². The van der Waals surface area contributed by atoms with Gasteiger partial charge >= 0.3 is 5.63 Å². The molecule has 2 aromatic heterocycles. The zero-order valence-electron chi connectivity index (χ0n) is 17.1. The molecule has 2 heterocycles. The molecule has 2 aromatic carbocycles. The second-order valence-electron chi connectivity index (χ2n) is 6.94. The van der Waals surface area contributed by atoms with Crippen molar-refractivity contribution in [2.75, 3.05) is 19.5 Å². The number of ether oxygens (including phenoxy) is 2. The Morgan fingerprint density at radius 3 is 2.52 bits per heavy atom. The van der Waals surface area contributed by atoms with E-state index in [1.165, 1.54) is 6.07 Å². The SMILES string of the molecule is COc1cc(CCc2cc(NC(=O)c3cc4ccccc4oc3=O)n[nH]2)cc(OC)c1. The lowest BCUT2D eigenvalue weighted by Gasteiger charge is -2.08. The molecule has 1 amide bonds. The quantitative estimate of drug-likeness (QED) is 0.444. The van der Waals surface area contributed by atoms with Gasteiger partial charge in [0.25, 0.3) is 5.91 Å². The molecular weight excluding hydrogens is 398 g/mol. The van der Waals surface area contributed by atoms with Gasteiger partial charge < -0.3 is 19.2 Å². The molecule has 0 unspecified atom stereocenters. The molecule has 0 atom stereocenters. The van der Waals surface area contributed by atoms with Gasteiger partial charge in [-0.1, -0.05) is 18.2 Å². The van der Waals surface area contributed by atoms with E-state index in [9.17, 15) is 9.59 Å². The average molecular weight is 419 g/mol. The molecule has 0 bridgehead atoms. The van der Waals surface area contributed by atoms with Crippen LogP contribution in [0.5, 0.6) is 11.5 Å². The molecule has 0 radical (unpaired) electrons. The van der Waals surface area contributed by atoms with Gasteiger partial charge in [0, 0.05) is 23.2 Å². The van der Waals surface area contributed by atoms with E-state index in [0.29, 0.717) is 23.2 Å². The van der Waals surface area contributed by atoms with Gasteiger partial charge in [0.1, 0.15) is 22.6 Å². The molecule has 4 aromatic rings. The summed E-state index contributed by atoms with van der Waals surface area (Å²) in [5.41, 5.74) is 1.54. The number of aromatic nitrogens is 2. The molecule has 31 heavy (non-hydrogen) atoms.